The molecule has 2 atom stereocenters. The average Bonchev–Trinajstić information content (AvgIpc) is 3.21. The van der Waals surface area contributed by atoms with Gasteiger partial charge in [-0.15, -0.1) is 0 Å². The smallest absolute Gasteiger partial charge is 0.232 e. The van der Waals surface area contributed by atoms with Crippen molar-refractivity contribution in [3.05, 3.63) is 47.5 Å². The molecule has 0 spiro atoms. The highest BCUT2D eigenvalue weighted by atomic mass is 19.1. The van der Waals surface area contributed by atoms with Crippen LogP contribution in [0.3, 0.4) is 0 Å². The Kier molecular flexibility index (Phi) is 3.84. The molecule has 1 aromatic heterocycles. The number of halogens is 1. The monoisotopic (exact) mass is 328 g/mol. The van der Waals surface area contributed by atoms with Gasteiger partial charge in [0, 0.05) is 44.5 Å². The molecule has 1 aromatic carbocycles. The number of fused-ring (bicyclic) bond motifs is 1. The maximum atomic E-state index is 13.5. The molecule has 1 amide bonds. The van der Waals surface area contributed by atoms with Gasteiger partial charge in [-0.1, -0.05) is 0 Å². The quantitative estimate of drug-likeness (QED) is 0.915. The van der Waals surface area contributed by atoms with Gasteiger partial charge in [0.15, 0.2) is 0 Å². The number of amides is 1. The molecule has 5 nitrogen and oxygen atoms in total. The number of hydrogen-bond donors (Lipinski definition) is 1. The van der Waals surface area contributed by atoms with Gasteiger partial charge < -0.3 is 10.2 Å². The van der Waals surface area contributed by atoms with Crippen LogP contribution in [-0.4, -0.2) is 35.3 Å². The van der Waals surface area contributed by atoms with Gasteiger partial charge in [0.1, 0.15) is 5.82 Å². The molecule has 3 heterocycles. The van der Waals surface area contributed by atoms with Gasteiger partial charge in [-0.3, -0.25) is 9.48 Å². The summed E-state index contributed by atoms with van der Waals surface area (Å²) in [5.74, 6) is -0.0811. The van der Waals surface area contributed by atoms with Crippen LogP contribution in [0.4, 0.5) is 10.1 Å². The fraction of sp³-hybridized carbons (Fsp3) is 0.444. The van der Waals surface area contributed by atoms with E-state index in [9.17, 15) is 9.18 Å². The Hall–Kier alpha value is -2.21. The SMILES string of the molecule is Cn1cc([C@H]2CNC[C@@H]2C(=O)N2CCCc3cc(F)ccc32)cn1. The van der Waals surface area contributed by atoms with Gasteiger partial charge in [0.2, 0.25) is 5.91 Å². The van der Waals surface area contributed by atoms with Crippen molar-refractivity contribution in [2.24, 2.45) is 13.0 Å². The Morgan fingerprint density at radius 1 is 1.38 bits per heavy atom. The standard InChI is InChI=1S/C18H21FN4O/c1-22-11-13(8-21-22)15-9-20-10-16(15)18(24)23-6-2-3-12-7-14(19)4-5-17(12)23/h4-5,7-8,11,15-16,20H,2-3,6,9-10H2,1H3/t15-,16+/m1/s1. The lowest BCUT2D eigenvalue weighted by molar-refractivity contribution is -0.122. The first-order valence-electron chi connectivity index (χ1n) is 8.42. The van der Waals surface area contributed by atoms with E-state index in [1.165, 1.54) is 6.07 Å². The summed E-state index contributed by atoms with van der Waals surface area (Å²) in [6.07, 6.45) is 5.53. The van der Waals surface area contributed by atoms with E-state index in [-0.39, 0.29) is 23.6 Å². The fourth-order valence-corrected chi connectivity index (χ4v) is 3.91. The number of carbonyl (C=O) groups excluding carboxylic acids is 1. The molecule has 2 aliphatic heterocycles. The van der Waals surface area contributed by atoms with Crippen LogP contribution in [0.15, 0.2) is 30.6 Å². The molecular weight excluding hydrogens is 307 g/mol. The number of hydrogen-bond acceptors (Lipinski definition) is 3. The summed E-state index contributed by atoms with van der Waals surface area (Å²) < 4.78 is 15.3. The minimum atomic E-state index is -0.237. The second-order valence-electron chi connectivity index (χ2n) is 6.69. The minimum Gasteiger partial charge on any atom is -0.315 e. The average molecular weight is 328 g/mol. The lowest BCUT2D eigenvalue weighted by Gasteiger charge is -2.32. The second-order valence-corrected chi connectivity index (χ2v) is 6.69. The van der Waals surface area contributed by atoms with E-state index in [0.29, 0.717) is 13.1 Å². The highest BCUT2D eigenvalue weighted by Crippen LogP contribution is 2.34. The van der Waals surface area contributed by atoms with Gasteiger partial charge in [-0.25, -0.2) is 4.39 Å². The third-order valence-corrected chi connectivity index (χ3v) is 5.11. The third-order valence-electron chi connectivity index (χ3n) is 5.11. The van der Waals surface area contributed by atoms with Crippen molar-refractivity contribution in [1.82, 2.24) is 15.1 Å². The third kappa shape index (κ3) is 2.60. The van der Waals surface area contributed by atoms with Crippen molar-refractivity contribution in [3.8, 4) is 0 Å². The maximum absolute atomic E-state index is 13.5. The Morgan fingerprint density at radius 3 is 3.04 bits per heavy atom. The van der Waals surface area contributed by atoms with Crippen LogP contribution in [0.25, 0.3) is 0 Å². The predicted octanol–water partition coefficient (Wildman–Crippen LogP) is 1.84. The number of rotatable bonds is 2. The number of carbonyl (C=O) groups is 1. The van der Waals surface area contributed by atoms with E-state index in [1.54, 1.807) is 16.8 Å². The molecule has 2 aromatic rings. The number of nitrogens with zero attached hydrogens (tertiary/aromatic N) is 3. The molecular formula is C18H21FN4O. The van der Waals surface area contributed by atoms with E-state index < -0.39 is 0 Å². The van der Waals surface area contributed by atoms with Crippen LogP contribution in [0.2, 0.25) is 0 Å². The minimum absolute atomic E-state index is 0.106. The number of anilines is 1. The van der Waals surface area contributed by atoms with Crippen molar-refractivity contribution in [2.75, 3.05) is 24.5 Å². The molecule has 0 radical (unpaired) electrons. The maximum Gasteiger partial charge on any atom is 0.232 e. The molecule has 0 bridgehead atoms. The second kappa shape index (κ2) is 6.02. The first kappa shape index (κ1) is 15.3. The Labute approximate surface area is 140 Å². The largest absolute Gasteiger partial charge is 0.315 e. The Balaban J connectivity index is 1.62. The zero-order valence-electron chi connectivity index (χ0n) is 13.7. The van der Waals surface area contributed by atoms with Crippen LogP contribution in [0.5, 0.6) is 0 Å². The molecule has 0 saturated carbocycles. The molecule has 2 aliphatic rings. The van der Waals surface area contributed by atoms with Crippen LogP contribution >= 0.6 is 0 Å². The van der Waals surface area contributed by atoms with Crippen molar-refractivity contribution < 1.29 is 9.18 Å². The Morgan fingerprint density at radius 2 is 2.25 bits per heavy atom. The van der Waals surface area contributed by atoms with E-state index in [2.05, 4.69) is 10.4 Å². The van der Waals surface area contributed by atoms with Crippen LogP contribution in [-0.2, 0) is 18.3 Å². The van der Waals surface area contributed by atoms with Crippen molar-refractivity contribution in [3.63, 3.8) is 0 Å². The summed E-state index contributed by atoms with van der Waals surface area (Å²) in [4.78, 5) is 15.1. The molecule has 0 aliphatic carbocycles. The van der Waals surface area contributed by atoms with Gasteiger partial charge in [-0.2, -0.15) is 5.10 Å². The highest BCUT2D eigenvalue weighted by molar-refractivity contribution is 5.97. The molecule has 24 heavy (non-hydrogen) atoms. The summed E-state index contributed by atoms with van der Waals surface area (Å²) in [5, 5.41) is 7.57. The molecule has 1 N–H and O–H groups in total. The normalized spacial score (nSPS) is 23.3. The van der Waals surface area contributed by atoms with E-state index in [4.69, 9.17) is 0 Å². The zero-order valence-corrected chi connectivity index (χ0v) is 13.7. The van der Waals surface area contributed by atoms with E-state index in [0.717, 1.165) is 36.2 Å². The van der Waals surface area contributed by atoms with E-state index in [1.807, 2.05) is 24.3 Å². The number of aryl methyl sites for hydroxylation is 2. The fourth-order valence-electron chi connectivity index (χ4n) is 3.91. The molecule has 4 rings (SSSR count). The summed E-state index contributed by atoms with van der Waals surface area (Å²) in [6.45, 7) is 2.16. The van der Waals surface area contributed by atoms with Crippen molar-refractivity contribution >= 4 is 11.6 Å². The van der Waals surface area contributed by atoms with Gasteiger partial charge >= 0.3 is 0 Å². The molecule has 126 valence electrons. The van der Waals surface area contributed by atoms with Gasteiger partial charge in [0.05, 0.1) is 12.1 Å². The predicted molar refractivity (Wildman–Crippen MR) is 89.4 cm³/mol. The summed E-state index contributed by atoms with van der Waals surface area (Å²) >= 11 is 0. The van der Waals surface area contributed by atoms with Crippen molar-refractivity contribution in [1.29, 1.82) is 0 Å². The number of nitrogens with one attached hydrogen (secondary N) is 1. The molecule has 6 heteroatoms. The van der Waals surface area contributed by atoms with E-state index >= 15 is 0 Å². The highest BCUT2D eigenvalue weighted by Gasteiger charge is 2.38. The molecule has 1 saturated heterocycles. The van der Waals surface area contributed by atoms with Gasteiger partial charge in [0.25, 0.3) is 0 Å². The van der Waals surface area contributed by atoms with Crippen LogP contribution in [0, 0.1) is 11.7 Å². The Bertz CT molecular complexity index is 772. The zero-order chi connectivity index (χ0) is 16.7. The molecule has 0 unspecified atom stereocenters. The summed E-state index contributed by atoms with van der Waals surface area (Å²) in [5.41, 5.74) is 2.89. The number of aromatic nitrogens is 2. The topological polar surface area (TPSA) is 50.2 Å². The summed E-state index contributed by atoms with van der Waals surface area (Å²) in [6, 6.07) is 4.74. The van der Waals surface area contributed by atoms with Crippen molar-refractivity contribution in [2.45, 2.75) is 18.8 Å². The van der Waals surface area contributed by atoms with Gasteiger partial charge in [-0.05, 0) is 42.2 Å². The molecule has 1 fully saturated rings. The van der Waals surface area contributed by atoms with Crippen LogP contribution < -0.4 is 10.2 Å². The summed E-state index contributed by atoms with van der Waals surface area (Å²) in [7, 11) is 1.89. The lowest BCUT2D eigenvalue weighted by Crippen LogP contribution is -2.41. The number of benzene rings is 1. The lowest BCUT2D eigenvalue weighted by atomic mass is 9.88. The van der Waals surface area contributed by atoms with Crippen LogP contribution in [0.1, 0.15) is 23.5 Å². The first-order valence-corrected chi connectivity index (χ1v) is 8.42. The first-order chi connectivity index (χ1) is 11.6.